The molecule has 0 atom stereocenters. The van der Waals surface area contributed by atoms with E-state index in [1.165, 1.54) is 0 Å². The predicted octanol–water partition coefficient (Wildman–Crippen LogP) is 0.921. The second-order valence-electron chi connectivity index (χ2n) is 2.90. The summed E-state index contributed by atoms with van der Waals surface area (Å²) in [5, 5.41) is 0. The van der Waals surface area contributed by atoms with Gasteiger partial charge in [0.2, 0.25) is 0 Å². The number of nitrogens with two attached hydrogens (primary N) is 3. The highest BCUT2D eigenvalue weighted by atomic mass is 35.5. The Morgan fingerprint density at radius 3 is 2.00 bits per heavy atom. The molecule has 0 aliphatic carbocycles. The summed E-state index contributed by atoms with van der Waals surface area (Å²) >= 11 is 0. The molecule has 0 radical (unpaired) electrons. The summed E-state index contributed by atoms with van der Waals surface area (Å²) in [5.74, 6) is 0. The van der Waals surface area contributed by atoms with Crippen LogP contribution in [0, 0.1) is 0 Å². The van der Waals surface area contributed by atoms with E-state index in [0.717, 1.165) is 5.69 Å². The molecule has 5 heteroatoms. The first-order valence-electron chi connectivity index (χ1n) is 3.64. The van der Waals surface area contributed by atoms with Crippen molar-refractivity contribution in [3.05, 3.63) is 12.1 Å². The largest absolute Gasteiger partial charge is 0.397 e. The van der Waals surface area contributed by atoms with Gasteiger partial charge >= 0.3 is 0 Å². The first-order valence-corrected chi connectivity index (χ1v) is 3.64. The molecule has 1 aromatic rings. The third-order valence-corrected chi connectivity index (χ3v) is 1.78. The zero-order valence-electron chi connectivity index (χ0n) is 7.74. The fraction of sp³-hybridized carbons (Fsp3) is 0.250. The SMILES string of the molecule is CN(C)c1ccc(N)c(N)c1N.Cl. The van der Waals surface area contributed by atoms with Crippen LogP contribution in [0.5, 0.6) is 0 Å². The molecular formula is C8H15ClN4. The van der Waals surface area contributed by atoms with Gasteiger partial charge in [0.1, 0.15) is 0 Å². The predicted molar refractivity (Wildman–Crippen MR) is 61.3 cm³/mol. The highest BCUT2D eigenvalue weighted by molar-refractivity contribution is 5.87. The van der Waals surface area contributed by atoms with Crippen LogP contribution in [0.4, 0.5) is 22.7 Å². The normalized spacial score (nSPS) is 9.08. The van der Waals surface area contributed by atoms with Gasteiger partial charge in [-0.25, -0.2) is 0 Å². The number of rotatable bonds is 1. The highest BCUT2D eigenvalue weighted by Gasteiger charge is 2.06. The smallest absolute Gasteiger partial charge is 0.0806 e. The van der Waals surface area contributed by atoms with Crippen molar-refractivity contribution >= 4 is 35.2 Å². The van der Waals surface area contributed by atoms with E-state index in [0.29, 0.717) is 17.1 Å². The van der Waals surface area contributed by atoms with Crippen molar-refractivity contribution in [1.82, 2.24) is 0 Å². The second kappa shape index (κ2) is 4.09. The number of benzene rings is 1. The van der Waals surface area contributed by atoms with Crippen LogP contribution in [0.1, 0.15) is 0 Å². The van der Waals surface area contributed by atoms with Gasteiger partial charge in [-0.15, -0.1) is 12.4 Å². The summed E-state index contributed by atoms with van der Waals surface area (Å²) in [6.45, 7) is 0. The van der Waals surface area contributed by atoms with E-state index in [-0.39, 0.29) is 12.4 Å². The van der Waals surface area contributed by atoms with Gasteiger partial charge in [0, 0.05) is 14.1 Å². The van der Waals surface area contributed by atoms with Crippen molar-refractivity contribution in [2.24, 2.45) is 0 Å². The molecular weight excluding hydrogens is 188 g/mol. The van der Waals surface area contributed by atoms with E-state index < -0.39 is 0 Å². The minimum absolute atomic E-state index is 0. The Bertz CT molecular complexity index is 298. The Morgan fingerprint density at radius 2 is 1.54 bits per heavy atom. The third-order valence-electron chi connectivity index (χ3n) is 1.78. The molecule has 1 aromatic carbocycles. The summed E-state index contributed by atoms with van der Waals surface area (Å²) in [6, 6.07) is 3.60. The quantitative estimate of drug-likeness (QED) is 0.592. The van der Waals surface area contributed by atoms with Gasteiger partial charge < -0.3 is 22.1 Å². The van der Waals surface area contributed by atoms with Crippen LogP contribution in [0.2, 0.25) is 0 Å². The molecule has 74 valence electrons. The number of hydrogen-bond donors (Lipinski definition) is 3. The van der Waals surface area contributed by atoms with Gasteiger partial charge in [-0.3, -0.25) is 0 Å². The summed E-state index contributed by atoms with van der Waals surface area (Å²) in [4.78, 5) is 1.89. The maximum absolute atomic E-state index is 5.74. The molecule has 0 aliphatic heterocycles. The monoisotopic (exact) mass is 202 g/mol. The topological polar surface area (TPSA) is 81.3 Å². The number of nitrogens with zero attached hydrogens (tertiary/aromatic N) is 1. The molecule has 0 saturated carbocycles. The summed E-state index contributed by atoms with van der Waals surface area (Å²) in [5.41, 5.74) is 19.4. The van der Waals surface area contributed by atoms with E-state index in [1.807, 2.05) is 25.1 Å². The molecule has 4 nitrogen and oxygen atoms in total. The maximum Gasteiger partial charge on any atom is 0.0806 e. The Hall–Kier alpha value is -1.29. The molecule has 6 N–H and O–H groups in total. The number of anilines is 4. The summed E-state index contributed by atoms with van der Waals surface area (Å²) in [7, 11) is 3.81. The van der Waals surface area contributed by atoms with Crippen molar-refractivity contribution in [3.63, 3.8) is 0 Å². The molecule has 1 rings (SSSR count). The Balaban J connectivity index is 0.00000144. The molecule has 0 aliphatic rings. The van der Waals surface area contributed by atoms with Crippen LogP contribution in [-0.2, 0) is 0 Å². The highest BCUT2D eigenvalue weighted by Crippen LogP contribution is 2.31. The molecule has 13 heavy (non-hydrogen) atoms. The Morgan fingerprint density at radius 1 is 1.00 bits per heavy atom. The standard InChI is InChI=1S/C8H14N4.ClH/c1-12(2)6-4-3-5(9)7(10)8(6)11;/h3-4H,9-11H2,1-2H3;1H. The van der Waals surface area contributed by atoms with Crippen LogP contribution in [0.3, 0.4) is 0 Å². The molecule has 0 bridgehead atoms. The van der Waals surface area contributed by atoms with Gasteiger partial charge in [0.05, 0.1) is 22.7 Å². The molecule has 0 saturated heterocycles. The van der Waals surface area contributed by atoms with E-state index in [4.69, 9.17) is 17.2 Å². The second-order valence-corrected chi connectivity index (χ2v) is 2.90. The minimum atomic E-state index is 0. The van der Waals surface area contributed by atoms with Gasteiger partial charge in [-0.2, -0.15) is 0 Å². The van der Waals surface area contributed by atoms with Crippen molar-refractivity contribution in [2.75, 3.05) is 36.2 Å². The molecule has 0 amide bonds. The lowest BCUT2D eigenvalue weighted by molar-refractivity contribution is 1.14. The van der Waals surface area contributed by atoms with Gasteiger partial charge in [0.25, 0.3) is 0 Å². The molecule has 0 aromatic heterocycles. The van der Waals surface area contributed by atoms with Crippen LogP contribution >= 0.6 is 12.4 Å². The van der Waals surface area contributed by atoms with Gasteiger partial charge in [0.15, 0.2) is 0 Å². The fourth-order valence-electron chi connectivity index (χ4n) is 1.03. The molecule has 0 heterocycles. The van der Waals surface area contributed by atoms with E-state index in [2.05, 4.69) is 0 Å². The molecule has 0 spiro atoms. The minimum Gasteiger partial charge on any atom is -0.397 e. The van der Waals surface area contributed by atoms with Crippen LogP contribution < -0.4 is 22.1 Å². The average molecular weight is 203 g/mol. The fourth-order valence-corrected chi connectivity index (χ4v) is 1.03. The number of halogens is 1. The van der Waals surface area contributed by atoms with E-state index >= 15 is 0 Å². The maximum atomic E-state index is 5.74. The van der Waals surface area contributed by atoms with Crippen molar-refractivity contribution in [1.29, 1.82) is 0 Å². The lowest BCUT2D eigenvalue weighted by atomic mass is 10.2. The van der Waals surface area contributed by atoms with Gasteiger partial charge in [-0.1, -0.05) is 0 Å². The average Bonchev–Trinajstić information content (AvgIpc) is 2.00. The summed E-state index contributed by atoms with van der Waals surface area (Å²) in [6.07, 6.45) is 0. The zero-order chi connectivity index (χ0) is 9.30. The Labute approximate surface area is 84.1 Å². The van der Waals surface area contributed by atoms with Crippen LogP contribution in [0.25, 0.3) is 0 Å². The molecule has 0 unspecified atom stereocenters. The summed E-state index contributed by atoms with van der Waals surface area (Å²) < 4.78 is 0. The van der Waals surface area contributed by atoms with Crippen molar-refractivity contribution in [3.8, 4) is 0 Å². The first kappa shape index (κ1) is 11.7. The Kier molecular flexibility index (Phi) is 3.69. The van der Waals surface area contributed by atoms with Crippen molar-refractivity contribution < 1.29 is 0 Å². The van der Waals surface area contributed by atoms with E-state index in [1.54, 1.807) is 6.07 Å². The lowest BCUT2D eigenvalue weighted by Crippen LogP contribution is -2.12. The van der Waals surface area contributed by atoms with Crippen molar-refractivity contribution in [2.45, 2.75) is 0 Å². The zero-order valence-corrected chi connectivity index (χ0v) is 8.56. The molecule has 0 fully saturated rings. The lowest BCUT2D eigenvalue weighted by Gasteiger charge is -2.17. The number of hydrogen-bond acceptors (Lipinski definition) is 4. The van der Waals surface area contributed by atoms with Crippen LogP contribution in [0.15, 0.2) is 12.1 Å². The van der Waals surface area contributed by atoms with E-state index in [9.17, 15) is 0 Å². The van der Waals surface area contributed by atoms with Gasteiger partial charge in [-0.05, 0) is 12.1 Å². The number of nitrogen functional groups attached to an aromatic ring is 3. The third kappa shape index (κ3) is 2.09. The van der Waals surface area contributed by atoms with Crippen LogP contribution in [-0.4, -0.2) is 14.1 Å². The first-order chi connectivity index (χ1) is 5.54.